The van der Waals surface area contributed by atoms with Crippen molar-refractivity contribution in [2.45, 2.75) is 69.9 Å². The molecule has 7 heteroatoms. The molecule has 38 heavy (non-hydrogen) atoms. The van der Waals surface area contributed by atoms with Crippen LogP contribution in [0, 0.1) is 5.92 Å². The van der Waals surface area contributed by atoms with Gasteiger partial charge in [0.05, 0.1) is 37.2 Å². The zero-order chi connectivity index (χ0) is 26.3. The summed E-state index contributed by atoms with van der Waals surface area (Å²) in [7, 11) is 1.74. The zero-order valence-electron chi connectivity index (χ0n) is 22.9. The number of fused-ring (bicyclic) bond motifs is 1. The van der Waals surface area contributed by atoms with Crippen LogP contribution in [0.1, 0.15) is 56.1 Å². The minimum absolute atomic E-state index is 0.0912. The first-order chi connectivity index (χ1) is 18.6. The Kier molecular flexibility index (Phi) is 9.44. The number of rotatable bonds is 10. The van der Waals surface area contributed by atoms with Gasteiger partial charge in [-0.2, -0.15) is 0 Å². The first kappa shape index (κ1) is 27.3. The topological polar surface area (TPSA) is 72.4 Å². The molecule has 1 saturated heterocycles. The molecule has 2 fully saturated rings. The van der Waals surface area contributed by atoms with Crippen molar-refractivity contribution in [2.24, 2.45) is 5.92 Å². The second kappa shape index (κ2) is 13.2. The molecule has 2 N–H and O–H groups in total. The Bertz CT molecular complexity index is 1020. The summed E-state index contributed by atoms with van der Waals surface area (Å²) in [5.74, 6) is 2.49. The Labute approximate surface area is 227 Å². The number of aliphatic hydroxyl groups is 1. The lowest BCUT2D eigenvalue weighted by Gasteiger charge is -2.36. The fraction of sp³-hybridized carbons (Fsp3) is 0.613. The average molecular weight is 525 g/mol. The van der Waals surface area contributed by atoms with Crippen LogP contribution in [0.4, 0.5) is 5.69 Å². The van der Waals surface area contributed by atoms with Crippen LogP contribution in [-0.4, -0.2) is 69.9 Å². The van der Waals surface area contributed by atoms with Gasteiger partial charge in [0.15, 0.2) is 0 Å². The average Bonchev–Trinajstić information content (AvgIpc) is 2.93. The highest BCUT2D eigenvalue weighted by molar-refractivity contribution is 5.61. The number of β-amino-alcohol motifs (C(OH)–C–C–N with tert-alkyl or cyclic N) is 1. The van der Waals surface area contributed by atoms with Crippen molar-refractivity contribution in [3.8, 4) is 11.5 Å². The molecule has 2 aromatic rings. The minimum Gasteiger partial charge on any atom is -0.490 e. The molecule has 0 aromatic heterocycles. The quantitative estimate of drug-likeness (QED) is 0.443. The highest BCUT2D eigenvalue weighted by atomic mass is 16.5. The summed E-state index contributed by atoms with van der Waals surface area (Å²) in [4.78, 5) is 2.37. The molecule has 7 nitrogen and oxygen atoms in total. The second-order valence-electron chi connectivity index (χ2n) is 11.2. The Morgan fingerprint density at radius 1 is 1.11 bits per heavy atom. The van der Waals surface area contributed by atoms with E-state index in [0.717, 1.165) is 73.2 Å². The number of nitrogens with zero attached hydrogens (tertiary/aromatic N) is 1. The lowest BCUT2D eigenvalue weighted by Crippen LogP contribution is -2.49. The molecule has 2 aromatic carbocycles. The van der Waals surface area contributed by atoms with Crippen LogP contribution < -0.4 is 19.7 Å². The van der Waals surface area contributed by atoms with Crippen molar-refractivity contribution in [2.75, 3.05) is 51.4 Å². The lowest BCUT2D eigenvalue weighted by molar-refractivity contribution is -0.0328. The summed E-state index contributed by atoms with van der Waals surface area (Å²) in [6.07, 6.45) is 5.46. The first-order valence-electron chi connectivity index (χ1n) is 14.4. The van der Waals surface area contributed by atoms with Gasteiger partial charge in [0.1, 0.15) is 18.1 Å². The number of benzene rings is 2. The maximum absolute atomic E-state index is 10.9. The molecule has 0 radical (unpaired) electrons. The summed E-state index contributed by atoms with van der Waals surface area (Å²) in [5.41, 5.74) is 3.32. The van der Waals surface area contributed by atoms with E-state index in [4.69, 9.17) is 18.9 Å². The molecule has 0 bridgehead atoms. The van der Waals surface area contributed by atoms with Crippen molar-refractivity contribution >= 4 is 5.69 Å². The van der Waals surface area contributed by atoms with E-state index in [0.29, 0.717) is 32.4 Å². The van der Waals surface area contributed by atoms with Crippen molar-refractivity contribution in [3.05, 3.63) is 53.6 Å². The molecule has 2 aliphatic heterocycles. The van der Waals surface area contributed by atoms with Gasteiger partial charge in [-0.05, 0) is 67.0 Å². The van der Waals surface area contributed by atoms with Crippen LogP contribution in [-0.2, 0) is 16.1 Å². The van der Waals surface area contributed by atoms with Gasteiger partial charge in [-0.1, -0.05) is 31.5 Å². The van der Waals surface area contributed by atoms with Gasteiger partial charge >= 0.3 is 0 Å². The van der Waals surface area contributed by atoms with Crippen LogP contribution in [0.2, 0.25) is 0 Å². The molecule has 5 atom stereocenters. The van der Waals surface area contributed by atoms with Crippen LogP contribution >= 0.6 is 0 Å². The zero-order valence-corrected chi connectivity index (χ0v) is 22.9. The number of methoxy groups -OCH3 is 1. The molecule has 5 rings (SSSR count). The van der Waals surface area contributed by atoms with Crippen molar-refractivity contribution in [1.82, 2.24) is 5.32 Å². The molecule has 0 amide bonds. The van der Waals surface area contributed by atoms with Crippen molar-refractivity contribution < 1.29 is 24.1 Å². The van der Waals surface area contributed by atoms with Crippen molar-refractivity contribution in [1.29, 1.82) is 0 Å². The summed E-state index contributed by atoms with van der Waals surface area (Å²) in [6.45, 7) is 7.33. The van der Waals surface area contributed by atoms with E-state index in [1.54, 1.807) is 7.11 Å². The fourth-order valence-electron chi connectivity index (χ4n) is 6.16. The predicted octanol–water partition coefficient (Wildman–Crippen LogP) is 4.51. The summed E-state index contributed by atoms with van der Waals surface area (Å²) >= 11 is 0. The highest BCUT2D eigenvalue weighted by Gasteiger charge is 2.34. The number of hydrogen-bond donors (Lipinski definition) is 2. The van der Waals surface area contributed by atoms with E-state index in [-0.39, 0.29) is 12.0 Å². The highest BCUT2D eigenvalue weighted by Crippen LogP contribution is 2.35. The van der Waals surface area contributed by atoms with Gasteiger partial charge in [-0.25, -0.2) is 0 Å². The smallest absolute Gasteiger partial charge is 0.142 e. The predicted molar refractivity (Wildman–Crippen MR) is 149 cm³/mol. The largest absolute Gasteiger partial charge is 0.490 e. The molecule has 4 unspecified atom stereocenters. The Balaban J connectivity index is 1.23. The maximum Gasteiger partial charge on any atom is 0.142 e. The number of aliphatic hydroxyl groups excluding tert-OH is 1. The minimum atomic E-state index is -0.507. The van der Waals surface area contributed by atoms with Crippen molar-refractivity contribution in [3.63, 3.8) is 0 Å². The first-order valence-corrected chi connectivity index (χ1v) is 14.4. The summed E-state index contributed by atoms with van der Waals surface area (Å²) in [5, 5.41) is 14.3. The Morgan fingerprint density at radius 2 is 1.97 bits per heavy atom. The second-order valence-corrected chi connectivity index (χ2v) is 11.2. The van der Waals surface area contributed by atoms with E-state index in [2.05, 4.69) is 53.5 Å². The standard InChI is InChI=1S/C31H44N2O5/c1-22-5-3-6-26(17-22)38-25-10-8-24(9-11-25)31-28(34)19-32-20-30(31)37-21-23-7-12-29-27(18-23)33(14-16-36-29)13-4-15-35-2/h7-12,18,22,26,28,30-32,34H,3-6,13-17,19-21H2,1-2H3/t22?,26?,28?,30?,31-/m0/s1. The number of piperidine rings is 1. The van der Waals surface area contributed by atoms with Crippen LogP contribution in [0.5, 0.6) is 11.5 Å². The van der Waals surface area contributed by atoms with E-state index in [1.807, 2.05) is 6.07 Å². The van der Waals surface area contributed by atoms with E-state index < -0.39 is 6.10 Å². The third-order valence-electron chi connectivity index (χ3n) is 8.19. The Hall–Kier alpha value is -2.32. The third kappa shape index (κ3) is 6.81. The molecular formula is C31H44N2O5. The van der Waals surface area contributed by atoms with Gasteiger partial charge < -0.3 is 34.3 Å². The molecular weight excluding hydrogens is 480 g/mol. The van der Waals surface area contributed by atoms with Gasteiger partial charge in [0.2, 0.25) is 0 Å². The number of anilines is 1. The summed E-state index contributed by atoms with van der Waals surface area (Å²) < 4.78 is 23.9. The molecule has 2 heterocycles. The van der Waals surface area contributed by atoms with Crippen LogP contribution in [0.25, 0.3) is 0 Å². The number of ether oxygens (including phenoxy) is 4. The number of nitrogens with one attached hydrogen (secondary N) is 1. The molecule has 3 aliphatic rings. The molecule has 0 spiro atoms. The normalized spacial score (nSPS) is 27.4. The molecule has 1 saturated carbocycles. The van der Waals surface area contributed by atoms with Crippen LogP contribution in [0.3, 0.4) is 0 Å². The van der Waals surface area contributed by atoms with E-state index in [1.165, 1.54) is 12.8 Å². The van der Waals surface area contributed by atoms with Crippen LogP contribution in [0.15, 0.2) is 42.5 Å². The number of hydrogen-bond acceptors (Lipinski definition) is 7. The molecule has 208 valence electrons. The maximum atomic E-state index is 10.9. The third-order valence-corrected chi connectivity index (χ3v) is 8.19. The van der Waals surface area contributed by atoms with E-state index >= 15 is 0 Å². The van der Waals surface area contributed by atoms with Gasteiger partial charge in [0.25, 0.3) is 0 Å². The SMILES string of the molecule is COCCCN1CCOc2ccc(COC3CNCC(O)[C@@H]3c3ccc(OC4CCCC(C)C4)cc3)cc21. The van der Waals surface area contributed by atoms with Gasteiger partial charge in [0, 0.05) is 39.3 Å². The van der Waals surface area contributed by atoms with E-state index in [9.17, 15) is 5.11 Å². The fourth-order valence-corrected chi connectivity index (χ4v) is 6.16. The Morgan fingerprint density at radius 3 is 2.79 bits per heavy atom. The lowest BCUT2D eigenvalue weighted by atomic mass is 9.85. The summed E-state index contributed by atoms with van der Waals surface area (Å²) in [6, 6.07) is 14.6. The monoisotopic (exact) mass is 524 g/mol. The van der Waals surface area contributed by atoms with Gasteiger partial charge in [-0.3, -0.25) is 0 Å². The van der Waals surface area contributed by atoms with Gasteiger partial charge in [-0.15, -0.1) is 0 Å². The molecule has 1 aliphatic carbocycles.